The number of hydrogen-bond donors (Lipinski definition) is 1. The summed E-state index contributed by atoms with van der Waals surface area (Å²) in [5, 5.41) is 6.55. The number of rotatable bonds is 8. The molecular formula is C19H28N4OS. The normalized spacial score (nSPS) is 11.6. The highest BCUT2D eigenvalue weighted by Crippen LogP contribution is 2.11. The minimum absolute atomic E-state index is 0.650. The molecule has 1 heterocycles. The number of aryl methyl sites for hydroxylation is 1. The number of ether oxygens (including phenoxy) is 1. The summed E-state index contributed by atoms with van der Waals surface area (Å²) in [6, 6.07) is 8.45. The maximum absolute atomic E-state index is 5.43. The molecule has 2 rings (SSSR count). The first-order valence-electron chi connectivity index (χ1n) is 8.68. The Morgan fingerprint density at radius 2 is 1.96 bits per heavy atom. The van der Waals surface area contributed by atoms with Crippen molar-refractivity contribution in [1.82, 2.24) is 15.2 Å². The summed E-state index contributed by atoms with van der Waals surface area (Å²) >= 11 is 1.68. The van der Waals surface area contributed by atoms with Gasteiger partial charge in [0.2, 0.25) is 0 Å². The van der Waals surface area contributed by atoms with Crippen molar-refractivity contribution in [3.8, 4) is 0 Å². The molecule has 5 nitrogen and oxygen atoms in total. The Morgan fingerprint density at radius 3 is 2.56 bits per heavy atom. The fraction of sp³-hybridized carbons (Fsp3) is 0.474. The molecule has 25 heavy (non-hydrogen) atoms. The molecule has 0 radical (unpaired) electrons. The molecule has 1 N–H and O–H groups in total. The zero-order chi connectivity index (χ0) is 18.1. The summed E-state index contributed by atoms with van der Waals surface area (Å²) < 4.78 is 5.43. The van der Waals surface area contributed by atoms with Gasteiger partial charge in [-0.15, -0.1) is 11.3 Å². The third-order valence-corrected chi connectivity index (χ3v) is 4.49. The zero-order valence-corrected chi connectivity index (χ0v) is 16.4. The van der Waals surface area contributed by atoms with Crippen LogP contribution in [0.5, 0.6) is 0 Å². The largest absolute Gasteiger partial charge is 0.377 e. The van der Waals surface area contributed by atoms with E-state index in [1.807, 2.05) is 20.9 Å². The standard InChI is InChI=1S/C19H28N4OS/c1-5-20-19(23(4)12-18-14-25-15(3)22-18)21-11-16-7-9-17(10-8-16)13-24-6-2/h7-10,14H,5-6,11-13H2,1-4H3,(H,20,21). The number of thiazole rings is 1. The van der Waals surface area contributed by atoms with Crippen LogP contribution in [0, 0.1) is 6.92 Å². The molecule has 136 valence electrons. The molecule has 6 heteroatoms. The molecule has 1 aromatic carbocycles. The second kappa shape index (κ2) is 10.2. The summed E-state index contributed by atoms with van der Waals surface area (Å²) in [4.78, 5) is 11.4. The van der Waals surface area contributed by atoms with E-state index in [0.29, 0.717) is 13.2 Å². The molecule has 0 spiro atoms. The van der Waals surface area contributed by atoms with E-state index in [4.69, 9.17) is 9.73 Å². The number of nitrogens with one attached hydrogen (secondary N) is 1. The molecule has 2 aromatic rings. The highest BCUT2D eigenvalue weighted by molar-refractivity contribution is 7.09. The molecule has 0 amide bonds. The predicted octanol–water partition coefficient (Wildman–Crippen LogP) is 3.59. The van der Waals surface area contributed by atoms with Gasteiger partial charge in [0.15, 0.2) is 5.96 Å². The maximum Gasteiger partial charge on any atom is 0.194 e. The third-order valence-electron chi connectivity index (χ3n) is 3.67. The molecule has 0 bridgehead atoms. The van der Waals surface area contributed by atoms with Crippen LogP contribution >= 0.6 is 11.3 Å². The first-order valence-corrected chi connectivity index (χ1v) is 9.56. The number of nitrogens with zero attached hydrogens (tertiary/aromatic N) is 3. The van der Waals surface area contributed by atoms with Gasteiger partial charge in [-0.2, -0.15) is 0 Å². The van der Waals surface area contributed by atoms with Crippen molar-refractivity contribution in [1.29, 1.82) is 0 Å². The van der Waals surface area contributed by atoms with Crippen molar-refractivity contribution in [2.24, 2.45) is 4.99 Å². The van der Waals surface area contributed by atoms with Gasteiger partial charge in [-0.3, -0.25) is 0 Å². The molecule has 0 aliphatic heterocycles. The molecule has 0 saturated heterocycles. The van der Waals surface area contributed by atoms with Crippen LogP contribution in [-0.4, -0.2) is 36.0 Å². The number of aliphatic imine (C=N–C) groups is 1. The lowest BCUT2D eigenvalue weighted by Crippen LogP contribution is -2.38. The maximum atomic E-state index is 5.43. The topological polar surface area (TPSA) is 49.8 Å². The lowest BCUT2D eigenvalue weighted by Gasteiger charge is -2.21. The predicted molar refractivity (Wildman–Crippen MR) is 105 cm³/mol. The van der Waals surface area contributed by atoms with Crippen LogP contribution in [0.2, 0.25) is 0 Å². The van der Waals surface area contributed by atoms with E-state index >= 15 is 0 Å². The summed E-state index contributed by atoms with van der Waals surface area (Å²) in [6.45, 7) is 9.77. The Labute approximate surface area is 154 Å². The van der Waals surface area contributed by atoms with E-state index in [0.717, 1.165) is 36.4 Å². The summed E-state index contributed by atoms with van der Waals surface area (Å²) in [5.41, 5.74) is 3.46. The van der Waals surface area contributed by atoms with Crippen LogP contribution in [-0.2, 0) is 24.4 Å². The van der Waals surface area contributed by atoms with Gasteiger partial charge >= 0.3 is 0 Å². The Balaban J connectivity index is 1.98. The summed E-state index contributed by atoms with van der Waals surface area (Å²) in [6.07, 6.45) is 0. The van der Waals surface area contributed by atoms with Crippen molar-refractivity contribution in [3.63, 3.8) is 0 Å². The van der Waals surface area contributed by atoms with E-state index in [-0.39, 0.29) is 0 Å². The lowest BCUT2D eigenvalue weighted by atomic mass is 10.1. The molecular weight excluding hydrogens is 332 g/mol. The molecule has 0 fully saturated rings. The number of benzene rings is 1. The van der Waals surface area contributed by atoms with Crippen molar-refractivity contribution < 1.29 is 4.74 Å². The average Bonchev–Trinajstić information content (AvgIpc) is 3.02. The van der Waals surface area contributed by atoms with Crippen LogP contribution in [0.1, 0.15) is 35.7 Å². The van der Waals surface area contributed by atoms with Crippen LogP contribution in [0.4, 0.5) is 0 Å². The first kappa shape index (κ1) is 19.4. The fourth-order valence-electron chi connectivity index (χ4n) is 2.40. The van der Waals surface area contributed by atoms with Gasteiger partial charge in [0.25, 0.3) is 0 Å². The molecule has 0 unspecified atom stereocenters. The van der Waals surface area contributed by atoms with Crippen molar-refractivity contribution in [3.05, 3.63) is 51.5 Å². The van der Waals surface area contributed by atoms with Crippen LogP contribution in [0.25, 0.3) is 0 Å². The Bertz CT molecular complexity index is 666. The minimum Gasteiger partial charge on any atom is -0.377 e. The number of guanidine groups is 1. The smallest absolute Gasteiger partial charge is 0.194 e. The molecule has 1 aromatic heterocycles. The third kappa shape index (κ3) is 6.48. The van der Waals surface area contributed by atoms with Crippen LogP contribution < -0.4 is 5.32 Å². The highest BCUT2D eigenvalue weighted by Gasteiger charge is 2.08. The average molecular weight is 361 g/mol. The number of hydrogen-bond acceptors (Lipinski definition) is 4. The molecule has 0 aliphatic carbocycles. The van der Waals surface area contributed by atoms with Gasteiger partial charge in [-0.25, -0.2) is 9.98 Å². The van der Waals surface area contributed by atoms with Gasteiger partial charge in [0, 0.05) is 25.6 Å². The summed E-state index contributed by atoms with van der Waals surface area (Å²) in [5.74, 6) is 0.895. The SMILES string of the molecule is CCNC(=NCc1ccc(COCC)cc1)N(C)Cc1csc(C)n1. The quantitative estimate of drug-likeness (QED) is 0.577. The van der Waals surface area contributed by atoms with E-state index in [1.54, 1.807) is 11.3 Å². The van der Waals surface area contributed by atoms with E-state index in [1.165, 1.54) is 11.1 Å². The van der Waals surface area contributed by atoms with Gasteiger partial charge in [-0.05, 0) is 31.9 Å². The van der Waals surface area contributed by atoms with Crippen molar-refractivity contribution >= 4 is 17.3 Å². The Morgan fingerprint density at radius 1 is 1.24 bits per heavy atom. The zero-order valence-electron chi connectivity index (χ0n) is 15.6. The van der Waals surface area contributed by atoms with Gasteiger partial charge in [0.05, 0.1) is 30.4 Å². The second-order valence-electron chi connectivity index (χ2n) is 5.84. The fourth-order valence-corrected chi connectivity index (χ4v) is 3.00. The van der Waals surface area contributed by atoms with Crippen molar-refractivity contribution in [2.75, 3.05) is 20.2 Å². The molecule has 0 aliphatic rings. The van der Waals surface area contributed by atoms with Gasteiger partial charge in [0.1, 0.15) is 0 Å². The van der Waals surface area contributed by atoms with E-state index in [2.05, 4.69) is 51.8 Å². The first-order chi connectivity index (χ1) is 12.1. The molecule has 0 saturated carbocycles. The highest BCUT2D eigenvalue weighted by atomic mass is 32.1. The van der Waals surface area contributed by atoms with Gasteiger partial charge in [-0.1, -0.05) is 24.3 Å². The number of aromatic nitrogens is 1. The van der Waals surface area contributed by atoms with Gasteiger partial charge < -0.3 is 15.0 Å². The molecule has 0 atom stereocenters. The monoisotopic (exact) mass is 360 g/mol. The lowest BCUT2D eigenvalue weighted by molar-refractivity contribution is 0.134. The van der Waals surface area contributed by atoms with Crippen LogP contribution in [0.15, 0.2) is 34.6 Å². The summed E-state index contributed by atoms with van der Waals surface area (Å²) in [7, 11) is 2.04. The van der Waals surface area contributed by atoms with E-state index < -0.39 is 0 Å². The van der Waals surface area contributed by atoms with E-state index in [9.17, 15) is 0 Å². The minimum atomic E-state index is 0.650. The Kier molecular flexibility index (Phi) is 7.88. The second-order valence-corrected chi connectivity index (χ2v) is 6.90. The van der Waals surface area contributed by atoms with Crippen LogP contribution in [0.3, 0.4) is 0 Å². The van der Waals surface area contributed by atoms with Crippen molar-refractivity contribution in [2.45, 2.75) is 40.5 Å². The Hall–Kier alpha value is -1.92.